The van der Waals surface area contributed by atoms with Crippen molar-refractivity contribution in [2.75, 3.05) is 12.8 Å². The predicted molar refractivity (Wildman–Crippen MR) is 110 cm³/mol. The van der Waals surface area contributed by atoms with Crippen molar-refractivity contribution in [2.24, 2.45) is 0 Å². The van der Waals surface area contributed by atoms with Crippen LogP contribution in [-0.2, 0) is 25.5 Å². The van der Waals surface area contributed by atoms with E-state index >= 15 is 0 Å². The number of amides is 1. The van der Waals surface area contributed by atoms with Gasteiger partial charge >= 0.3 is 5.97 Å². The molecule has 4 rings (SSSR count). The van der Waals surface area contributed by atoms with E-state index in [0.717, 1.165) is 5.56 Å². The van der Waals surface area contributed by atoms with Gasteiger partial charge in [0, 0.05) is 6.42 Å². The minimum Gasteiger partial charge on any atom is -0.467 e. The molecule has 5 N–H and O–H groups in total. The zero-order valence-electron chi connectivity index (χ0n) is 17.0. The topological polar surface area (TPSA) is 175 Å². The number of aliphatic hydroxyl groups is 2. The van der Waals surface area contributed by atoms with Crippen LogP contribution in [0.5, 0.6) is 0 Å². The van der Waals surface area contributed by atoms with Gasteiger partial charge in [0.05, 0.1) is 13.4 Å². The molecule has 3 aromatic rings. The van der Waals surface area contributed by atoms with Gasteiger partial charge in [-0.2, -0.15) is 0 Å². The van der Waals surface area contributed by atoms with E-state index < -0.39 is 42.5 Å². The zero-order chi connectivity index (χ0) is 22.8. The quantitative estimate of drug-likeness (QED) is 0.344. The Bertz CT molecular complexity index is 1120. The van der Waals surface area contributed by atoms with Crippen molar-refractivity contribution in [3.63, 3.8) is 0 Å². The number of anilines is 1. The SMILES string of the molecule is COC(=O)C(Cc1ccccc1)NC(=O)[C@H]1O[C@@H](n2cnc3c(N)ncnc32)[C@H](O)[C@@H]1O. The number of imidazole rings is 1. The van der Waals surface area contributed by atoms with E-state index in [-0.39, 0.29) is 17.9 Å². The molecule has 168 valence electrons. The number of methoxy groups -OCH3 is 1. The highest BCUT2D eigenvalue weighted by molar-refractivity contribution is 5.88. The lowest BCUT2D eigenvalue weighted by atomic mass is 10.0. The lowest BCUT2D eigenvalue weighted by molar-refractivity contribution is -0.148. The molecule has 0 saturated carbocycles. The van der Waals surface area contributed by atoms with Gasteiger partial charge in [0.15, 0.2) is 23.8 Å². The standard InChI is InChI=1S/C20H22N6O6/c1-31-20(30)11(7-10-5-3-2-4-6-10)25-18(29)15-13(27)14(28)19(32-15)26-9-24-12-16(21)22-8-23-17(12)26/h2-6,8-9,11,13-15,19,27-28H,7H2,1H3,(H,25,29)(H2,21,22,23)/t11?,13-,14+,15-,19+/m0/s1. The summed E-state index contributed by atoms with van der Waals surface area (Å²) in [7, 11) is 1.21. The minimum absolute atomic E-state index is 0.137. The van der Waals surface area contributed by atoms with Gasteiger partial charge in [-0.3, -0.25) is 9.36 Å². The molecule has 1 aromatic carbocycles. The molecule has 1 fully saturated rings. The first-order valence-corrected chi connectivity index (χ1v) is 9.77. The van der Waals surface area contributed by atoms with Crippen molar-refractivity contribution >= 4 is 28.9 Å². The second-order valence-electron chi connectivity index (χ2n) is 7.29. The summed E-state index contributed by atoms with van der Waals surface area (Å²) in [4.78, 5) is 37.1. The molecule has 5 atom stereocenters. The summed E-state index contributed by atoms with van der Waals surface area (Å²) >= 11 is 0. The van der Waals surface area contributed by atoms with Crippen LogP contribution in [0.15, 0.2) is 43.0 Å². The fraction of sp³-hybridized carbons (Fsp3) is 0.350. The molecule has 0 aliphatic carbocycles. The van der Waals surface area contributed by atoms with Gasteiger partial charge in [-0.1, -0.05) is 30.3 Å². The second kappa shape index (κ2) is 8.86. The van der Waals surface area contributed by atoms with E-state index in [4.69, 9.17) is 15.2 Å². The van der Waals surface area contributed by atoms with E-state index in [1.807, 2.05) is 18.2 Å². The maximum Gasteiger partial charge on any atom is 0.328 e. The van der Waals surface area contributed by atoms with Crippen LogP contribution in [0.2, 0.25) is 0 Å². The first-order valence-electron chi connectivity index (χ1n) is 9.77. The van der Waals surface area contributed by atoms with Crippen molar-refractivity contribution < 1.29 is 29.3 Å². The Kier molecular flexibility index (Phi) is 5.99. The van der Waals surface area contributed by atoms with E-state index in [0.29, 0.717) is 5.52 Å². The Morgan fingerprint density at radius 1 is 1.22 bits per heavy atom. The number of hydrogen-bond acceptors (Lipinski definition) is 10. The van der Waals surface area contributed by atoms with Crippen LogP contribution in [0.1, 0.15) is 11.8 Å². The van der Waals surface area contributed by atoms with Crippen molar-refractivity contribution in [3.8, 4) is 0 Å². The summed E-state index contributed by atoms with van der Waals surface area (Å²) in [6.07, 6.45) is -2.92. The van der Waals surface area contributed by atoms with E-state index in [9.17, 15) is 19.8 Å². The molecular weight excluding hydrogens is 420 g/mol. The normalized spacial score (nSPS) is 23.7. The number of carbonyl (C=O) groups excluding carboxylic acids is 2. The van der Waals surface area contributed by atoms with Crippen LogP contribution in [0.4, 0.5) is 5.82 Å². The summed E-state index contributed by atoms with van der Waals surface area (Å²) < 4.78 is 11.8. The summed E-state index contributed by atoms with van der Waals surface area (Å²) in [5.74, 6) is -1.29. The Morgan fingerprint density at radius 3 is 2.69 bits per heavy atom. The lowest BCUT2D eigenvalue weighted by Crippen LogP contribution is -2.50. The maximum absolute atomic E-state index is 12.9. The summed E-state index contributed by atoms with van der Waals surface area (Å²) in [6.45, 7) is 0. The van der Waals surface area contributed by atoms with Gasteiger partial charge in [0.1, 0.15) is 30.1 Å². The van der Waals surface area contributed by atoms with Crippen LogP contribution in [-0.4, -0.2) is 73.1 Å². The Morgan fingerprint density at radius 2 is 1.97 bits per heavy atom. The number of nitrogens with zero attached hydrogens (tertiary/aromatic N) is 4. The number of nitrogens with two attached hydrogens (primary N) is 1. The monoisotopic (exact) mass is 442 g/mol. The molecule has 32 heavy (non-hydrogen) atoms. The van der Waals surface area contributed by atoms with Crippen molar-refractivity contribution in [1.29, 1.82) is 0 Å². The molecule has 1 unspecified atom stereocenters. The first-order chi connectivity index (χ1) is 15.4. The van der Waals surface area contributed by atoms with E-state index in [1.165, 1.54) is 24.3 Å². The average Bonchev–Trinajstić information content (AvgIpc) is 3.35. The number of aromatic nitrogens is 4. The number of carbonyl (C=O) groups is 2. The minimum atomic E-state index is -1.56. The first kappa shape index (κ1) is 21.6. The molecule has 12 heteroatoms. The van der Waals surface area contributed by atoms with Crippen molar-refractivity contribution in [1.82, 2.24) is 24.8 Å². The fourth-order valence-corrected chi connectivity index (χ4v) is 3.60. The zero-order valence-corrected chi connectivity index (χ0v) is 17.0. The summed E-state index contributed by atoms with van der Waals surface area (Å²) in [5, 5.41) is 23.6. The molecule has 3 heterocycles. The predicted octanol–water partition coefficient (Wildman–Crippen LogP) is -1.07. The number of esters is 1. The van der Waals surface area contributed by atoms with Gasteiger partial charge in [0.25, 0.3) is 5.91 Å². The van der Waals surface area contributed by atoms with Crippen LogP contribution < -0.4 is 11.1 Å². The molecule has 1 aliphatic heterocycles. The molecule has 0 radical (unpaired) electrons. The van der Waals surface area contributed by atoms with Crippen LogP contribution >= 0.6 is 0 Å². The smallest absolute Gasteiger partial charge is 0.328 e. The second-order valence-corrected chi connectivity index (χ2v) is 7.29. The van der Waals surface area contributed by atoms with Gasteiger partial charge in [-0.25, -0.2) is 19.7 Å². The summed E-state index contributed by atoms with van der Waals surface area (Å²) in [6, 6.07) is 8.05. The van der Waals surface area contributed by atoms with E-state index in [2.05, 4.69) is 20.3 Å². The fourth-order valence-electron chi connectivity index (χ4n) is 3.60. The number of benzene rings is 1. The number of aliphatic hydroxyl groups excluding tert-OH is 2. The van der Waals surface area contributed by atoms with Gasteiger partial charge in [-0.15, -0.1) is 0 Å². The lowest BCUT2D eigenvalue weighted by Gasteiger charge is -2.20. The third-order valence-electron chi connectivity index (χ3n) is 5.24. The van der Waals surface area contributed by atoms with Crippen LogP contribution in [0.25, 0.3) is 11.2 Å². The highest BCUT2D eigenvalue weighted by Crippen LogP contribution is 2.32. The highest BCUT2D eigenvalue weighted by atomic mass is 16.6. The number of nitrogen functional groups attached to an aromatic ring is 1. The van der Waals surface area contributed by atoms with Crippen LogP contribution in [0.3, 0.4) is 0 Å². The Labute approximate surface area is 182 Å². The Balaban J connectivity index is 1.53. The van der Waals surface area contributed by atoms with E-state index in [1.54, 1.807) is 12.1 Å². The van der Waals surface area contributed by atoms with Crippen molar-refractivity contribution in [2.45, 2.75) is 37.0 Å². The molecular formula is C20H22N6O6. The average molecular weight is 442 g/mol. The van der Waals surface area contributed by atoms with Gasteiger partial charge in [-0.05, 0) is 5.56 Å². The van der Waals surface area contributed by atoms with Gasteiger partial charge in [0.2, 0.25) is 0 Å². The van der Waals surface area contributed by atoms with Crippen molar-refractivity contribution in [3.05, 3.63) is 48.5 Å². The number of nitrogens with one attached hydrogen (secondary N) is 1. The number of fused-ring (bicyclic) bond motifs is 1. The van der Waals surface area contributed by atoms with Gasteiger partial charge < -0.3 is 30.7 Å². The molecule has 12 nitrogen and oxygen atoms in total. The molecule has 1 amide bonds. The third-order valence-corrected chi connectivity index (χ3v) is 5.24. The Hall–Kier alpha value is -3.61. The number of rotatable bonds is 6. The number of ether oxygens (including phenoxy) is 2. The van der Waals surface area contributed by atoms with Crippen LogP contribution in [0, 0.1) is 0 Å². The third kappa shape index (κ3) is 3.98. The molecule has 0 spiro atoms. The molecule has 2 aromatic heterocycles. The molecule has 0 bridgehead atoms. The summed E-state index contributed by atoms with van der Waals surface area (Å²) in [5.41, 5.74) is 7.14. The largest absolute Gasteiger partial charge is 0.467 e. The maximum atomic E-state index is 12.9. The highest BCUT2D eigenvalue weighted by Gasteiger charge is 2.48. The molecule has 1 saturated heterocycles. The number of hydrogen-bond donors (Lipinski definition) is 4. The molecule has 1 aliphatic rings.